The van der Waals surface area contributed by atoms with Gasteiger partial charge in [0, 0.05) is 23.6 Å². The number of phenolic OH excluding ortho intramolecular Hbond substituents is 2. The molecule has 0 aliphatic carbocycles. The van der Waals surface area contributed by atoms with E-state index in [1.807, 2.05) is 6.92 Å². The maximum Gasteiger partial charge on any atom is 0.255 e. The Bertz CT molecular complexity index is 618. The number of nitrogens with zero attached hydrogens (tertiary/aromatic N) is 1. The predicted octanol–water partition coefficient (Wildman–Crippen LogP) is 2.52. The summed E-state index contributed by atoms with van der Waals surface area (Å²) in [5.74, 6) is -0.126. The van der Waals surface area contributed by atoms with E-state index >= 15 is 0 Å². The van der Waals surface area contributed by atoms with Crippen LogP contribution in [0.25, 0.3) is 5.41 Å². The third kappa shape index (κ3) is 5.99. The second kappa shape index (κ2) is 10.4. The molecule has 0 saturated carbocycles. The molecule has 0 bridgehead atoms. The van der Waals surface area contributed by atoms with Crippen molar-refractivity contribution in [3.05, 3.63) is 65.1 Å². The Balaban J connectivity index is 0.000000397. The fourth-order valence-corrected chi connectivity index (χ4v) is 1.52. The average molecular weight is 340 g/mol. The summed E-state index contributed by atoms with van der Waals surface area (Å²) >= 11 is 0. The van der Waals surface area contributed by atoms with Crippen LogP contribution in [0.2, 0.25) is 0 Å². The third-order valence-electron chi connectivity index (χ3n) is 2.56. The number of aromatic hydroxyl groups is 2. The first-order valence-electron chi connectivity index (χ1n) is 6.41. The molecule has 3 N–H and O–H groups in total. The Morgan fingerprint density at radius 1 is 1.09 bits per heavy atom. The van der Waals surface area contributed by atoms with Gasteiger partial charge in [-0.2, -0.15) is 6.21 Å². The number of amides is 1. The molecule has 0 spiro atoms. The second-order valence-electron chi connectivity index (χ2n) is 4.06. The van der Waals surface area contributed by atoms with Crippen molar-refractivity contribution >= 4 is 12.1 Å². The van der Waals surface area contributed by atoms with Gasteiger partial charge in [-0.25, -0.2) is 0 Å². The zero-order valence-electron chi connectivity index (χ0n) is 12.0. The summed E-state index contributed by atoms with van der Waals surface area (Å²) < 4.78 is 0. The molecule has 0 unspecified atom stereocenters. The maximum atomic E-state index is 11.2. The Hall–Kier alpha value is -2.30. The number of benzene rings is 2. The van der Waals surface area contributed by atoms with E-state index in [4.69, 9.17) is 10.5 Å². The Morgan fingerprint density at radius 3 is 2.09 bits per heavy atom. The molecule has 22 heavy (non-hydrogen) atoms. The summed E-state index contributed by atoms with van der Waals surface area (Å²) in [5.41, 5.74) is 0.761. The number of hydrogen-bond donors (Lipinski definition) is 3. The molecule has 2 aromatic carbocycles. The molecule has 2 aromatic rings. The van der Waals surface area contributed by atoms with Crippen LogP contribution in [-0.2, 0) is 17.1 Å². The minimum Gasteiger partial charge on any atom is -0.810 e. The van der Waals surface area contributed by atoms with Crippen molar-refractivity contribution < 1.29 is 32.1 Å². The molecule has 0 heterocycles. The van der Waals surface area contributed by atoms with Crippen molar-refractivity contribution in [2.45, 2.75) is 6.92 Å². The van der Waals surface area contributed by atoms with Gasteiger partial charge >= 0.3 is 0 Å². The van der Waals surface area contributed by atoms with Crippen LogP contribution in [0.15, 0.2) is 48.5 Å². The predicted molar refractivity (Wildman–Crippen MR) is 82.7 cm³/mol. The van der Waals surface area contributed by atoms with Crippen LogP contribution in [-0.4, -0.2) is 28.9 Å². The smallest absolute Gasteiger partial charge is 0.255 e. The van der Waals surface area contributed by atoms with Gasteiger partial charge in [0.1, 0.15) is 11.5 Å². The molecule has 0 saturated heterocycles. The summed E-state index contributed by atoms with van der Waals surface area (Å²) in [6.07, 6.45) is 0.870. The van der Waals surface area contributed by atoms with Crippen molar-refractivity contribution in [2.24, 2.45) is 0 Å². The van der Waals surface area contributed by atoms with Crippen molar-refractivity contribution in [2.75, 3.05) is 6.54 Å². The van der Waals surface area contributed by atoms with E-state index in [0.29, 0.717) is 17.7 Å². The average Bonchev–Trinajstić information content (AvgIpc) is 2.49. The number of nitrogens with one attached hydrogen (secondary N) is 1. The molecule has 0 atom stereocenters. The van der Waals surface area contributed by atoms with Gasteiger partial charge in [-0.15, -0.1) is 0 Å². The summed E-state index contributed by atoms with van der Waals surface area (Å²) in [6, 6.07) is 13.0. The quantitative estimate of drug-likeness (QED) is 0.592. The fourth-order valence-electron chi connectivity index (χ4n) is 1.52. The van der Waals surface area contributed by atoms with Gasteiger partial charge in [0.05, 0.1) is 5.56 Å². The SMILES string of the molecule is CCNC(=O)c1ccccc1O.[Mn].[N-]=Cc1ccccc1O. The topological polar surface area (TPSA) is 91.9 Å². The summed E-state index contributed by atoms with van der Waals surface area (Å²) in [5, 5.41) is 29.2. The van der Waals surface area contributed by atoms with Crippen LogP contribution < -0.4 is 5.32 Å². The first-order valence-corrected chi connectivity index (χ1v) is 6.41. The fraction of sp³-hybridized carbons (Fsp3) is 0.125. The molecule has 5 nitrogen and oxygen atoms in total. The van der Waals surface area contributed by atoms with Crippen molar-refractivity contribution in [3.8, 4) is 11.5 Å². The minimum absolute atomic E-state index is 0. The maximum absolute atomic E-state index is 11.2. The summed E-state index contributed by atoms with van der Waals surface area (Å²) in [7, 11) is 0. The number of carbonyl (C=O) groups is 1. The molecule has 117 valence electrons. The first kappa shape index (κ1) is 19.7. The molecule has 0 aliphatic rings. The van der Waals surface area contributed by atoms with Crippen LogP contribution in [0, 0.1) is 0 Å². The van der Waals surface area contributed by atoms with E-state index in [2.05, 4.69) is 5.32 Å². The monoisotopic (exact) mass is 340 g/mol. The van der Waals surface area contributed by atoms with E-state index in [9.17, 15) is 9.90 Å². The van der Waals surface area contributed by atoms with Crippen LogP contribution in [0.3, 0.4) is 0 Å². The van der Waals surface area contributed by atoms with E-state index in [1.165, 1.54) is 12.1 Å². The molecule has 2 rings (SSSR count). The standard InChI is InChI=1S/C9H11NO2.C7H6NO.Mn/c1-2-10-9(12)7-5-3-4-6-8(7)11;8-5-6-3-1-2-4-7(6)9;/h3-6,11H,2H2,1H3,(H,10,12);1-5,9H;/q;-1;. The van der Waals surface area contributed by atoms with Gasteiger partial charge in [0.25, 0.3) is 5.91 Å². The van der Waals surface area contributed by atoms with Crippen molar-refractivity contribution in [3.63, 3.8) is 0 Å². The molecule has 0 aromatic heterocycles. The van der Waals surface area contributed by atoms with Gasteiger partial charge < -0.3 is 20.9 Å². The van der Waals surface area contributed by atoms with Crippen LogP contribution >= 0.6 is 0 Å². The van der Waals surface area contributed by atoms with E-state index in [0.717, 1.165) is 6.21 Å². The number of para-hydroxylation sites is 2. The third-order valence-corrected chi connectivity index (χ3v) is 2.56. The van der Waals surface area contributed by atoms with Crippen molar-refractivity contribution in [1.82, 2.24) is 5.32 Å². The van der Waals surface area contributed by atoms with Gasteiger partial charge in [-0.05, 0) is 30.7 Å². The number of phenols is 2. The van der Waals surface area contributed by atoms with Gasteiger partial charge in [-0.1, -0.05) is 30.3 Å². The molecule has 0 aliphatic heterocycles. The normalized spacial score (nSPS) is 8.77. The zero-order chi connectivity index (χ0) is 15.7. The number of rotatable bonds is 3. The molecule has 1 amide bonds. The van der Waals surface area contributed by atoms with E-state index in [-0.39, 0.29) is 34.5 Å². The summed E-state index contributed by atoms with van der Waals surface area (Å²) in [6.45, 7) is 2.39. The second-order valence-corrected chi connectivity index (χ2v) is 4.06. The largest absolute Gasteiger partial charge is 0.810 e. The Kier molecular flexibility index (Phi) is 9.34. The number of carbonyl (C=O) groups excluding carboxylic acids is 1. The summed E-state index contributed by atoms with van der Waals surface area (Å²) in [4.78, 5) is 11.2. The number of hydrogen-bond acceptors (Lipinski definition) is 3. The molecular formula is C16H17MnN2O3-. The van der Waals surface area contributed by atoms with Crippen LogP contribution in [0.1, 0.15) is 22.8 Å². The van der Waals surface area contributed by atoms with Gasteiger partial charge in [0.15, 0.2) is 0 Å². The molecule has 1 radical (unpaired) electrons. The molecular weight excluding hydrogens is 323 g/mol. The molecule has 6 heteroatoms. The van der Waals surface area contributed by atoms with Crippen molar-refractivity contribution in [1.29, 1.82) is 0 Å². The Morgan fingerprint density at radius 2 is 1.64 bits per heavy atom. The van der Waals surface area contributed by atoms with Crippen LogP contribution in [0.4, 0.5) is 0 Å². The zero-order valence-corrected chi connectivity index (χ0v) is 13.2. The minimum atomic E-state index is -0.240. The van der Waals surface area contributed by atoms with E-state index in [1.54, 1.807) is 36.4 Å². The van der Waals surface area contributed by atoms with Crippen LogP contribution in [0.5, 0.6) is 11.5 Å². The first-order chi connectivity index (χ1) is 10.1. The Labute approximate surface area is 140 Å². The van der Waals surface area contributed by atoms with Gasteiger partial charge in [0.2, 0.25) is 0 Å². The molecule has 0 fully saturated rings. The van der Waals surface area contributed by atoms with E-state index < -0.39 is 0 Å². The van der Waals surface area contributed by atoms with Gasteiger partial charge in [-0.3, -0.25) is 4.79 Å².